The molecule has 0 heterocycles. The highest BCUT2D eigenvalue weighted by molar-refractivity contribution is 5.25. The fraction of sp³-hybridized carbons (Fsp3) is 1.00. The molecule has 0 aliphatic heterocycles. The molecular formula is C16H30. The van der Waals surface area contributed by atoms with Crippen molar-refractivity contribution in [2.24, 2.45) is 46.3 Å². The van der Waals surface area contributed by atoms with Gasteiger partial charge in [0, 0.05) is 0 Å². The molecule has 0 aromatic carbocycles. The molecule has 0 nitrogen and oxygen atoms in total. The second-order valence-corrected chi connectivity index (χ2v) is 7.68. The van der Waals surface area contributed by atoms with Gasteiger partial charge < -0.3 is 0 Å². The van der Waals surface area contributed by atoms with Crippen molar-refractivity contribution in [1.29, 1.82) is 0 Å². The van der Waals surface area contributed by atoms with Crippen molar-refractivity contribution in [2.45, 2.75) is 55.4 Å². The Labute approximate surface area is 102 Å². The Morgan fingerprint density at radius 2 is 0.938 bits per heavy atom. The zero-order chi connectivity index (χ0) is 12.5. The normalized spacial score (nSPS) is 55.9. The molecule has 2 saturated carbocycles. The van der Waals surface area contributed by atoms with Crippen molar-refractivity contribution in [3.63, 3.8) is 0 Å². The Morgan fingerprint density at radius 1 is 0.688 bits per heavy atom. The van der Waals surface area contributed by atoms with E-state index in [1.54, 1.807) is 0 Å². The topological polar surface area (TPSA) is 0 Å². The van der Waals surface area contributed by atoms with E-state index in [0.29, 0.717) is 10.8 Å². The van der Waals surface area contributed by atoms with Crippen LogP contribution in [-0.4, -0.2) is 0 Å². The lowest BCUT2D eigenvalue weighted by Crippen LogP contribution is -2.79. The number of hydrogen-bond donors (Lipinski definition) is 0. The molecule has 0 radical (unpaired) electrons. The minimum Gasteiger partial charge on any atom is -0.0625 e. The van der Waals surface area contributed by atoms with Gasteiger partial charge in [-0.25, -0.2) is 0 Å². The summed E-state index contributed by atoms with van der Waals surface area (Å²) in [5.74, 6) is 5.42. The first-order valence-corrected chi connectivity index (χ1v) is 7.20. The maximum Gasteiger partial charge on any atom is -0.0204 e. The lowest BCUT2D eigenvalue weighted by molar-refractivity contribution is -0.362. The fourth-order valence-electron chi connectivity index (χ4n) is 6.11. The van der Waals surface area contributed by atoms with E-state index < -0.39 is 0 Å². The lowest BCUT2D eigenvalue weighted by atomic mass is 9.21. The van der Waals surface area contributed by atoms with Crippen LogP contribution in [-0.2, 0) is 0 Å². The van der Waals surface area contributed by atoms with Crippen LogP contribution in [0.1, 0.15) is 55.4 Å². The van der Waals surface area contributed by atoms with E-state index in [1.165, 1.54) is 0 Å². The Balaban J connectivity index is 2.36. The maximum atomic E-state index is 2.57. The minimum atomic E-state index is 0.621. The van der Waals surface area contributed by atoms with Gasteiger partial charge in [0.2, 0.25) is 0 Å². The average molecular weight is 222 g/mol. The van der Waals surface area contributed by atoms with E-state index in [0.717, 1.165) is 35.5 Å². The van der Waals surface area contributed by atoms with Gasteiger partial charge in [-0.1, -0.05) is 55.4 Å². The van der Waals surface area contributed by atoms with Crippen LogP contribution in [0.4, 0.5) is 0 Å². The summed E-state index contributed by atoms with van der Waals surface area (Å²) in [4.78, 5) is 0. The summed E-state index contributed by atoms with van der Waals surface area (Å²) < 4.78 is 0. The quantitative estimate of drug-likeness (QED) is 0.627. The van der Waals surface area contributed by atoms with Crippen LogP contribution >= 0.6 is 0 Å². The van der Waals surface area contributed by atoms with E-state index in [4.69, 9.17) is 0 Å². The maximum absolute atomic E-state index is 2.57. The standard InChI is InChI=1S/C16H30/c1-9(2)13-14(10(3)4)16(8)12(6)11(5)15(13,16)7/h9-14H,1-8H3. The number of fused-ring (bicyclic) bond motifs is 1. The van der Waals surface area contributed by atoms with Gasteiger partial charge in [-0.15, -0.1) is 0 Å². The first-order chi connectivity index (χ1) is 7.20. The van der Waals surface area contributed by atoms with Gasteiger partial charge in [-0.2, -0.15) is 0 Å². The molecule has 94 valence electrons. The van der Waals surface area contributed by atoms with Crippen molar-refractivity contribution in [3.05, 3.63) is 0 Å². The molecule has 0 aromatic rings. The SMILES string of the molecule is CC(C)C1C(C(C)C)C2(C)C(C)C(C)C12C. The average Bonchev–Trinajstić information content (AvgIpc) is 2.19. The van der Waals surface area contributed by atoms with Crippen molar-refractivity contribution in [1.82, 2.24) is 0 Å². The molecule has 6 unspecified atom stereocenters. The van der Waals surface area contributed by atoms with Gasteiger partial charge in [0.1, 0.15) is 0 Å². The van der Waals surface area contributed by atoms with E-state index in [1.807, 2.05) is 0 Å². The lowest BCUT2D eigenvalue weighted by Gasteiger charge is -2.83. The van der Waals surface area contributed by atoms with Gasteiger partial charge in [0.05, 0.1) is 0 Å². The van der Waals surface area contributed by atoms with Crippen molar-refractivity contribution >= 4 is 0 Å². The first-order valence-electron chi connectivity index (χ1n) is 7.20. The van der Waals surface area contributed by atoms with Crippen LogP contribution in [0.5, 0.6) is 0 Å². The Morgan fingerprint density at radius 3 is 1.12 bits per heavy atom. The van der Waals surface area contributed by atoms with Crippen LogP contribution in [0.2, 0.25) is 0 Å². The highest BCUT2D eigenvalue weighted by atomic mass is 14.8. The van der Waals surface area contributed by atoms with E-state index in [-0.39, 0.29) is 0 Å². The van der Waals surface area contributed by atoms with Gasteiger partial charge in [-0.05, 0) is 46.3 Å². The predicted molar refractivity (Wildman–Crippen MR) is 71.2 cm³/mol. The highest BCUT2D eigenvalue weighted by Gasteiger charge is 2.78. The third kappa shape index (κ3) is 0.985. The van der Waals surface area contributed by atoms with Crippen LogP contribution in [0.15, 0.2) is 0 Å². The summed E-state index contributed by atoms with van der Waals surface area (Å²) in [7, 11) is 0. The zero-order valence-electron chi connectivity index (χ0n) is 12.5. The zero-order valence-corrected chi connectivity index (χ0v) is 12.5. The van der Waals surface area contributed by atoms with Crippen molar-refractivity contribution in [2.75, 3.05) is 0 Å². The van der Waals surface area contributed by atoms with E-state index in [9.17, 15) is 0 Å². The highest BCUT2D eigenvalue weighted by Crippen LogP contribution is 2.82. The van der Waals surface area contributed by atoms with Crippen molar-refractivity contribution < 1.29 is 0 Å². The molecule has 0 saturated heterocycles. The Bertz CT molecular complexity index is 260. The molecule has 2 aliphatic carbocycles. The third-order valence-electron chi connectivity index (χ3n) is 7.01. The monoisotopic (exact) mass is 222 g/mol. The molecule has 2 aliphatic rings. The summed E-state index contributed by atoms with van der Waals surface area (Å²) in [5.41, 5.74) is 1.24. The molecule has 0 bridgehead atoms. The molecule has 2 rings (SSSR count). The van der Waals surface area contributed by atoms with Gasteiger partial charge in [0.15, 0.2) is 0 Å². The second-order valence-electron chi connectivity index (χ2n) is 7.68. The molecule has 6 atom stereocenters. The summed E-state index contributed by atoms with van der Waals surface area (Å²) in [6.07, 6.45) is 0. The first kappa shape index (κ1) is 12.5. The smallest absolute Gasteiger partial charge is 0.0204 e. The van der Waals surface area contributed by atoms with E-state index in [2.05, 4.69) is 55.4 Å². The fourth-order valence-corrected chi connectivity index (χ4v) is 6.11. The molecule has 2 fully saturated rings. The number of rotatable bonds is 2. The summed E-state index contributed by atoms with van der Waals surface area (Å²) in [6.45, 7) is 19.8. The van der Waals surface area contributed by atoms with Crippen LogP contribution in [0.3, 0.4) is 0 Å². The predicted octanol–water partition coefficient (Wildman–Crippen LogP) is 4.84. The minimum absolute atomic E-state index is 0.621. The molecule has 0 N–H and O–H groups in total. The Kier molecular flexibility index (Phi) is 2.54. The van der Waals surface area contributed by atoms with Gasteiger partial charge in [0.25, 0.3) is 0 Å². The molecule has 0 spiro atoms. The van der Waals surface area contributed by atoms with Crippen LogP contribution in [0.25, 0.3) is 0 Å². The second kappa shape index (κ2) is 3.27. The summed E-state index contributed by atoms with van der Waals surface area (Å²) in [6, 6.07) is 0. The Hall–Kier alpha value is 0. The molecule has 0 aromatic heterocycles. The summed E-state index contributed by atoms with van der Waals surface area (Å²) >= 11 is 0. The van der Waals surface area contributed by atoms with Crippen molar-refractivity contribution in [3.8, 4) is 0 Å². The van der Waals surface area contributed by atoms with Crippen LogP contribution in [0, 0.1) is 46.3 Å². The largest absolute Gasteiger partial charge is 0.0625 e. The summed E-state index contributed by atoms with van der Waals surface area (Å²) in [5, 5.41) is 0. The van der Waals surface area contributed by atoms with E-state index >= 15 is 0 Å². The molecule has 0 heteroatoms. The molecule has 0 amide bonds. The van der Waals surface area contributed by atoms with Crippen LogP contribution < -0.4 is 0 Å². The van der Waals surface area contributed by atoms with Gasteiger partial charge in [-0.3, -0.25) is 0 Å². The number of hydrogen-bond acceptors (Lipinski definition) is 0. The molecule has 16 heavy (non-hydrogen) atoms. The molecular weight excluding hydrogens is 192 g/mol. The third-order valence-corrected chi connectivity index (χ3v) is 7.01. The van der Waals surface area contributed by atoms with Gasteiger partial charge >= 0.3 is 0 Å².